The molecule has 0 aromatic heterocycles. The number of aliphatic hydroxyl groups is 2. The summed E-state index contributed by atoms with van der Waals surface area (Å²) in [6.45, 7) is 1.05. The molecule has 0 saturated heterocycles. The van der Waals surface area contributed by atoms with Gasteiger partial charge in [0, 0.05) is 5.92 Å². The van der Waals surface area contributed by atoms with Crippen LogP contribution in [0.3, 0.4) is 0 Å². The van der Waals surface area contributed by atoms with Crippen molar-refractivity contribution in [1.82, 2.24) is 0 Å². The topological polar surface area (TPSA) is 200 Å². The first-order valence-corrected chi connectivity index (χ1v) is 10.4. The van der Waals surface area contributed by atoms with Crippen LogP contribution in [0.25, 0.3) is 0 Å². The van der Waals surface area contributed by atoms with Crippen LogP contribution < -0.4 is 0 Å². The number of hydrogen-bond donors (Lipinski definition) is 6. The molecule has 22 heavy (non-hydrogen) atoms. The number of hydrogen-bond acceptors (Lipinski definition) is 8. The van der Waals surface area contributed by atoms with Gasteiger partial charge in [0.15, 0.2) is 0 Å². The molecule has 12 nitrogen and oxygen atoms in total. The van der Waals surface area contributed by atoms with Crippen LogP contribution in [0.4, 0.5) is 0 Å². The molecular formula is C7H17O12P3. The molecule has 6 N–H and O–H groups in total. The summed E-state index contributed by atoms with van der Waals surface area (Å²) < 4.78 is 44.4. The molecule has 0 radical (unpaired) electrons. The third kappa shape index (κ3) is 6.45. The Morgan fingerprint density at radius 2 is 1.50 bits per heavy atom. The van der Waals surface area contributed by atoms with E-state index >= 15 is 0 Å². The molecule has 1 rings (SSSR count). The lowest BCUT2D eigenvalue weighted by Gasteiger charge is -2.19. The lowest BCUT2D eigenvalue weighted by Crippen LogP contribution is -2.29. The summed E-state index contributed by atoms with van der Waals surface area (Å²) >= 11 is 0. The molecule has 15 heteroatoms. The zero-order valence-corrected chi connectivity index (χ0v) is 13.9. The van der Waals surface area contributed by atoms with Crippen LogP contribution in [0.5, 0.6) is 0 Å². The Morgan fingerprint density at radius 1 is 0.955 bits per heavy atom. The van der Waals surface area contributed by atoms with Crippen molar-refractivity contribution in [1.29, 1.82) is 0 Å². The Hall–Kier alpha value is 0.330. The summed E-state index contributed by atoms with van der Waals surface area (Å²) in [6, 6.07) is 0. The molecule has 1 fully saturated rings. The van der Waals surface area contributed by atoms with E-state index in [0.29, 0.717) is 0 Å². The van der Waals surface area contributed by atoms with Gasteiger partial charge in [-0.05, 0) is 12.3 Å². The second-order valence-corrected chi connectivity index (χ2v) is 9.26. The Labute approximate surface area is 125 Å². The van der Waals surface area contributed by atoms with Crippen molar-refractivity contribution in [3.05, 3.63) is 0 Å². The van der Waals surface area contributed by atoms with E-state index in [9.17, 15) is 28.8 Å². The largest absolute Gasteiger partial charge is 0.490 e. The van der Waals surface area contributed by atoms with Crippen LogP contribution in [-0.4, -0.2) is 48.6 Å². The second-order valence-electron chi connectivity index (χ2n) is 4.84. The first-order chi connectivity index (χ1) is 9.72. The minimum atomic E-state index is -5.55. The molecule has 0 aromatic carbocycles. The molecule has 0 amide bonds. The highest BCUT2D eigenvalue weighted by Crippen LogP contribution is 2.66. The van der Waals surface area contributed by atoms with Crippen molar-refractivity contribution >= 4 is 23.5 Å². The maximum atomic E-state index is 11.4. The van der Waals surface area contributed by atoms with Gasteiger partial charge in [0.25, 0.3) is 0 Å². The van der Waals surface area contributed by atoms with Crippen molar-refractivity contribution in [3.63, 3.8) is 0 Å². The maximum Gasteiger partial charge on any atom is 0.490 e. The fraction of sp³-hybridized carbons (Fsp3) is 1.00. The lowest BCUT2D eigenvalue weighted by molar-refractivity contribution is -0.00368. The predicted octanol–water partition coefficient (Wildman–Crippen LogP) is -0.293. The third-order valence-corrected chi connectivity index (χ3v) is 6.76. The maximum absolute atomic E-state index is 11.4. The molecule has 1 aliphatic carbocycles. The van der Waals surface area contributed by atoms with Gasteiger partial charge in [0.1, 0.15) is 0 Å². The molecule has 0 bridgehead atoms. The fourth-order valence-corrected chi connectivity index (χ4v) is 5.11. The minimum Gasteiger partial charge on any atom is -0.390 e. The lowest BCUT2D eigenvalue weighted by atomic mass is 10.1. The highest BCUT2D eigenvalue weighted by atomic mass is 31.3. The van der Waals surface area contributed by atoms with Crippen molar-refractivity contribution < 1.29 is 56.6 Å². The molecule has 0 aromatic rings. The molecule has 132 valence electrons. The zero-order valence-electron chi connectivity index (χ0n) is 11.2. The van der Waals surface area contributed by atoms with E-state index in [1.165, 1.54) is 0 Å². The molecule has 0 aliphatic heterocycles. The zero-order chi connectivity index (χ0) is 17.3. The Kier molecular flexibility index (Phi) is 6.54. The highest BCUT2D eigenvalue weighted by Gasteiger charge is 2.43. The molecule has 2 unspecified atom stereocenters. The van der Waals surface area contributed by atoms with E-state index in [1.807, 2.05) is 0 Å². The second kappa shape index (κ2) is 7.06. The van der Waals surface area contributed by atoms with Gasteiger partial charge < -0.3 is 29.8 Å². The van der Waals surface area contributed by atoms with E-state index in [1.54, 1.807) is 6.92 Å². The fourth-order valence-electron chi connectivity index (χ4n) is 2.03. The van der Waals surface area contributed by atoms with Crippen LogP contribution in [0, 0.1) is 11.8 Å². The molecule has 1 aliphatic rings. The van der Waals surface area contributed by atoms with Crippen molar-refractivity contribution in [2.24, 2.45) is 11.8 Å². The standard InChI is InChI=1S/C7H17O12P3/c1-4-2-5(7(9)6(4)8)3-17-21(13,14)19-22(15,16)18-20(10,11)12/h4-9H,2-3H2,1H3,(H,13,14)(H,15,16)(H2,10,11,12)/t4-,5-,6+,7-/m1/s1. The smallest absolute Gasteiger partial charge is 0.390 e. The van der Waals surface area contributed by atoms with Crippen molar-refractivity contribution in [3.8, 4) is 0 Å². The summed E-state index contributed by atoms with van der Waals surface area (Å²) in [5.74, 6) is -1.01. The number of aliphatic hydroxyl groups excluding tert-OH is 2. The Morgan fingerprint density at radius 3 is 1.91 bits per heavy atom. The summed E-state index contributed by atoms with van der Waals surface area (Å²) in [4.78, 5) is 34.9. The van der Waals surface area contributed by atoms with Gasteiger partial charge >= 0.3 is 23.5 Å². The van der Waals surface area contributed by atoms with Gasteiger partial charge in [-0.25, -0.2) is 13.7 Å². The van der Waals surface area contributed by atoms with Crippen LogP contribution in [0.1, 0.15) is 13.3 Å². The summed E-state index contributed by atoms with van der Waals surface area (Å²) in [6.07, 6.45) is -2.00. The number of phosphoric acid groups is 3. The van der Waals surface area contributed by atoms with Gasteiger partial charge in [0.05, 0.1) is 18.8 Å². The van der Waals surface area contributed by atoms with Gasteiger partial charge in [-0.15, -0.1) is 0 Å². The van der Waals surface area contributed by atoms with E-state index < -0.39 is 48.2 Å². The van der Waals surface area contributed by atoms with Gasteiger partial charge in [-0.2, -0.15) is 8.62 Å². The SMILES string of the molecule is C[C@@H]1C[C@H](COP(=O)(O)OP(=O)(O)OP(=O)(O)O)[C@@H](O)[C@H]1O. The summed E-state index contributed by atoms with van der Waals surface area (Å²) in [5, 5.41) is 19.2. The van der Waals surface area contributed by atoms with E-state index in [4.69, 9.17) is 14.7 Å². The molecule has 6 atom stereocenters. The van der Waals surface area contributed by atoms with Crippen LogP contribution >= 0.6 is 23.5 Å². The number of phosphoric ester groups is 1. The summed E-state index contributed by atoms with van der Waals surface area (Å²) in [7, 11) is -16.2. The van der Waals surface area contributed by atoms with Gasteiger partial charge in [0.2, 0.25) is 0 Å². The Balaban J connectivity index is 2.60. The molecule has 0 heterocycles. The quantitative estimate of drug-likeness (QED) is 0.313. The normalized spacial score (nSPS) is 35.0. The molecular weight excluding hydrogens is 369 g/mol. The van der Waals surface area contributed by atoms with Crippen LogP contribution in [0.15, 0.2) is 0 Å². The highest BCUT2D eigenvalue weighted by molar-refractivity contribution is 7.66. The average molecular weight is 386 g/mol. The van der Waals surface area contributed by atoms with Crippen molar-refractivity contribution in [2.75, 3.05) is 6.61 Å². The third-order valence-electron chi connectivity index (χ3n) is 2.96. The van der Waals surface area contributed by atoms with Crippen molar-refractivity contribution in [2.45, 2.75) is 25.6 Å². The number of rotatable bonds is 7. The average Bonchev–Trinajstić information content (AvgIpc) is 2.49. The first-order valence-electron chi connectivity index (χ1n) is 5.87. The molecule has 1 saturated carbocycles. The van der Waals surface area contributed by atoms with E-state index in [2.05, 4.69) is 13.1 Å². The van der Waals surface area contributed by atoms with E-state index in [0.717, 1.165) is 0 Å². The first kappa shape index (κ1) is 20.4. The van der Waals surface area contributed by atoms with Crippen LogP contribution in [0.2, 0.25) is 0 Å². The monoisotopic (exact) mass is 386 g/mol. The van der Waals surface area contributed by atoms with E-state index in [-0.39, 0.29) is 12.3 Å². The van der Waals surface area contributed by atoms with Crippen LogP contribution in [-0.2, 0) is 26.8 Å². The summed E-state index contributed by atoms with van der Waals surface area (Å²) in [5.41, 5.74) is 0. The minimum absolute atomic E-state index is 0.262. The van der Waals surface area contributed by atoms with Gasteiger partial charge in [-0.1, -0.05) is 6.92 Å². The molecule has 0 spiro atoms. The van der Waals surface area contributed by atoms with Gasteiger partial charge in [-0.3, -0.25) is 4.52 Å². The predicted molar refractivity (Wildman–Crippen MR) is 69.1 cm³/mol. The Bertz CT molecular complexity index is 529.